The molecule has 1 aliphatic rings. The first-order chi connectivity index (χ1) is 9.09. The Morgan fingerprint density at radius 1 is 1.47 bits per heavy atom. The second-order valence-electron chi connectivity index (χ2n) is 5.40. The van der Waals surface area contributed by atoms with Gasteiger partial charge in [-0.2, -0.15) is 0 Å². The third-order valence-electron chi connectivity index (χ3n) is 4.26. The summed E-state index contributed by atoms with van der Waals surface area (Å²) >= 11 is 0. The van der Waals surface area contributed by atoms with E-state index in [1.807, 2.05) is 7.05 Å². The van der Waals surface area contributed by atoms with E-state index in [2.05, 4.69) is 17.3 Å². The monoisotopic (exact) mass is 272 g/mol. The number of ether oxygens (including phenoxy) is 2. The Balaban J connectivity index is 2.59. The molecule has 2 atom stereocenters. The fourth-order valence-corrected chi connectivity index (χ4v) is 2.97. The van der Waals surface area contributed by atoms with Gasteiger partial charge in [0.15, 0.2) is 0 Å². The molecule has 0 spiro atoms. The van der Waals surface area contributed by atoms with Crippen LogP contribution in [0.2, 0.25) is 0 Å². The van der Waals surface area contributed by atoms with E-state index in [9.17, 15) is 4.79 Å². The molecule has 0 aromatic carbocycles. The third-order valence-corrected chi connectivity index (χ3v) is 4.26. The van der Waals surface area contributed by atoms with E-state index in [0.717, 1.165) is 45.3 Å². The molecule has 1 aliphatic carbocycles. The number of carbonyl (C=O) groups excluding carboxylic acids is 1. The maximum Gasteiger partial charge on any atom is 0.326 e. The van der Waals surface area contributed by atoms with Crippen LogP contribution in [0.5, 0.6) is 0 Å². The van der Waals surface area contributed by atoms with Gasteiger partial charge in [0.25, 0.3) is 0 Å². The predicted octanol–water partition coefficient (Wildman–Crippen LogP) is 1.03. The highest BCUT2D eigenvalue weighted by atomic mass is 16.5. The van der Waals surface area contributed by atoms with Gasteiger partial charge in [0.2, 0.25) is 0 Å². The van der Waals surface area contributed by atoms with Gasteiger partial charge in [0, 0.05) is 26.3 Å². The first kappa shape index (κ1) is 16.4. The highest BCUT2D eigenvalue weighted by Gasteiger charge is 2.43. The van der Waals surface area contributed by atoms with E-state index in [4.69, 9.17) is 9.47 Å². The van der Waals surface area contributed by atoms with Gasteiger partial charge in [-0.05, 0) is 46.2 Å². The highest BCUT2D eigenvalue weighted by molar-refractivity contribution is 5.81. The van der Waals surface area contributed by atoms with Crippen LogP contribution >= 0.6 is 0 Å². The summed E-state index contributed by atoms with van der Waals surface area (Å²) in [6.45, 7) is 1.78. The Morgan fingerprint density at radius 2 is 2.21 bits per heavy atom. The lowest BCUT2D eigenvalue weighted by atomic mass is 9.78. The summed E-state index contributed by atoms with van der Waals surface area (Å²) < 4.78 is 10.1. The standard InChI is InChI=1S/C14H28N2O3/c1-15-14(13(17)19-4)8-5-7-12(11-14)16(2)9-6-10-18-3/h12,15H,5-11H2,1-4H3. The van der Waals surface area contributed by atoms with Crippen LogP contribution in [0.1, 0.15) is 32.1 Å². The van der Waals surface area contributed by atoms with Gasteiger partial charge < -0.3 is 19.7 Å². The maximum atomic E-state index is 12.0. The van der Waals surface area contributed by atoms with Crippen molar-refractivity contribution >= 4 is 5.97 Å². The minimum absolute atomic E-state index is 0.134. The summed E-state index contributed by atoms with van der Waals surface area (Å²) in [7, 11) is 7.17. The van der Waals surface area contributed by atoms with E-state index in [-0.39, 0.29) is 5.97 Å². The minimum Gasteiger partial charge on any atom is -0.468 e. The summed E-state index contributed by atoms with van der Waals surface area (Å²) in [4.78, 5) is 14.4. The molecule has 2 unspecified atom stereocenters. The summed E-state index contributed by atoms with van der Waals surface area (Å²) in [6, 6.07) is 0.428. The van der Waals surface area contributed by atoms with Crippen LogP contribution in [0.25, 0.3) is 0 Å². The van der Waals surface area contributed by atoms with Gasteiger partial charge in [0.05, 0.1) is 7.11 Å². The van der Waals surface area contributed by atoms with Gasteiger partial charge in [-0.25, -0.2) is 0 Å². The summed E-state index contributed by atoms with van der Waals surface area (Å²) in [5, 5.41) is 3.19. The normalized spacial score (nSPS) is 27.5. The van der Waals surface area contributed by atoms with E-state index in [1.54, 1.807) is 7.11 Å². The third kappa shape index (κ3) is 4.16. The predicted molar refractivity (Wildman–Crippen MR) is 75.2 cm³/mol. The summed E-state index contributed by atoms with van der Waals surface area (Å²) in [6.07, 6.45) is 4.89. The SMILES string of the molecule is CNC1(C(=O)OC)CCCC(N(C)CCCOC)C1. The zero-order valence-corrected chi connectivity index (χ0v) is 12.7. The molecule has 1 saturated carbocycles. The number of rotatable bonds is 7. The van der Waals surface area contributed by atoms with Crippen molar-refractivity contribution in [2.24, 2.45) is 0 Å². The molecular formula is C14H28N2O3. The van der Waals surface area contributed by atoms with E-state index < -0.39 is 5.54 Å². The Labute approximate surface area is 116 Å². The van der Waals surface area contributed by atoms with Crippen molar-refractivity contribution in [3.8, 4) is 0 Å². The Bertz CT molecular complexity index is 286. The highest BCUT2D eigenvalue weighted by Crippen LogP contribution is 2.31. The number of nitrogens with one attached hydrogen (secondary N) is 1. The molecule has 5 nitrogen and oxygen atoms in total. The van der Waals surface area contributed by atoms with Crippen molar-refractivity contribution in [1.29, 1.82) is 0 Å². The Kier molecular flexibility index (Phi) is 6.75. The number of methoxy groups -OCH3 is 2. The molecule has 0 heterocycles. The fourth-order valence-electron chi connectivity index (χ4n) is 2.97. The van der Waals surface area contributed by atoms with Crippen LogP contribution in [-0.2, 0) is 14.3 Å². The first-order valence-electron chi connectivity index (χ1n) is 7.06. The maximum absolute atomic E-state index is 12.0. The minimum atomic E-state index is -0.507. The van der Waals surface area contributed by atoms with Crippen LogP contribution < -0.4 is 5.32 Å². The molecule has 0 aromatic heterocycles. The van der Waals surface area contributed by atoms with Crippen molar-refractivity contribution < 1.29 is 14.3 Å². The largest absolute Gasteiger partial charge is 0.468 e. The van der Waals surface area contributed by atoms with Crippen LogP contribution in [0.3, 0.4) is 0 Å². The van der Waals surface area contributed by atoms with Crippen molar-refractivity contribution in [3.05, 3.63) is 0 Å². The second-order valence-corrected chi connectivity index (χ2v) is 5.40. The molecule has 112 valence electrons. The van der Waals surface area contributed by atoms with Gasteiger partial charge in [-0.1, -0.05) is 0 Å². The summed E-state index contributed by atoms with van der Waals surface area (Å²) in [5.74, 6) is -0.134. The average molecular weight is 272 g/mol. The lowest BCUT2D eigenvalue weighted by Crippen LogP contribution is -2.57. The quantitative estimate of drug-likeness (QED) is 0.554. The number of likely N-dealkylation sites (N-methyl/N-ethyl adjacent to an activating group) is 1. The number of nitrogens with zero attached hydrogens (tertiary/aromatic N) is 1. The fraction of sp³-hybridized carbons (Fsp3) is 0.929. The van der Waals surface area contributed by atoms with E-state index in [0.29, 0.717) is 6.04 Å². The van der Waals surface area contributed by atoms with Gasteiger partial charge >= 0.3 is 5.97 Å². The molecular weight excluding hydrogens is 244 g/mol. The second kappa shape index (κ2) is 7.82. The zero-order valence-electron chi connectivity index (χ0n) is 12.7. The molecule has 0 bridgehead atoms. The van der Waals surface area contributed by atoms with Crippen LogP contribution in [0.4, 0.5) is 0 Å². The van der Waals surface area contributed by atoms with Crippen LogP contribution in [-0.4, -0.2) is 63.9 Å². The lowest BCUT2D eigenvalue weighted by Gasteiger charge is -2.41. The van der Waals surface area contributed by atoms with E-state index in [1.165, 1.54) is 7.11 Å². The number of esters is 1. The molecule has 1 fully saturated rings. The smallest absolute Gasteiger partial charge is 0.326 e. The molecule has 5 heteroatoms. The molecule has 1 N–H and O–H groups in total. The van der Waals surface area contributed by atoms with Crippen molar-refractivity contribution in [2.45, 2.75) is 43.7 Å². The molecule has 19 heavy (non-hydrogen) atoms. The van der Waals surface area contributed by atoms with Gasteiger partial charge in [-0.15, -0.1) is 0 Å². The van der Waals surface area contributed by atoms with Crippen molar-refractivity contribution in [1.82, 2.24) is 10.2 Å². The number of carbonyl (C=O) groups is 1. The number of hydrogen-bond donors (Lipinski definition) is 1. The topological polar surface area (TPSA) is 50.8 Å². The number of hydrogen-bond acceptors (Lipinski definition) is 5. The first-order valence-corrected chi connectivity index (χ1v) is 7.06. The molecule has 0 amide bonds. The van der Waals surface area contributed by atoms with E-state index >= 15 is 0 Å². The molecule has 0 aromatic rings. The van der Waals surface area contributed by atoms with Crippen molar-refractivity contribution in [3.63, 3.8) is 0 Å². The van der Waals surface area contributed by atoms with Gasteiger partial charge in [-0.3, -0.25) is 4.79 Å². The molecule has 0 aliphatic heterocycles. The Morgan fingerprint density at radius 3 is 2.79 bits per heavy atom. The molecule has 0 saturated heterocycles. The Hall–Kier alpha value is -0.650. The zero-order chi connectivity index (χ0) is 14.3. The van der Waals surface area contributed by atoms with Crippen LogP contribution in [0, 0.1) is 0 Å². The molecule has 0 radical (unpaired) electrons. The molecule has 1 rings (SSSR count). The average Bonchev–Trinajstić information content (AvgIpc) is 2.46. The van der Waals surface area contributed by atoms with Gasteiger partial charge in [0.1, 0.15) is 5.54 Å². The summed E-state index contributed by atoms with van der Waals surface area (Å²) in [5.41, 5.74) is -0.507. The van der Waals surface area contributed by atoms with Crippen LogP contribution in [0.15, 0.2) is 0 Å². The lowest BCUT2D eigenvalue weighted by molar-refractivity contribution is -0.150. The van der Waals surface area contributed by atoms with Crippen molar-refractivity contribution in [2.75, 3.05) is 41.5 Å².